The number of aryl methyl sites for hydroxylation is 2. The number of hydrogen-bond acceptors (Lipinski definition) is 4. The summed E-state index contributed by atoms with van der Waals surface area (Å²) in [5.41, 5.74) is 0.379. The van der Waals surface area contributed by atoms with Crippen LogP contribution in [-0.4, -0.2) is 27.1 Å². The summed E-state index contributed by atoms with van der Waals surface area (Å²) in [5, 5.41) is 16.9. The zero-order valence-corrected chi connectivity index (χ0v) is 7.48. The number of carbonyl (C=O) groups is 2. The average molecular weight is 199 g/mol. The number of oxazole rings is 1. The van der Waals surface area contributed by atoms with Crippen molar-refractivity contribution >= 4 is 11.9 Å². The Hall–Kier alpha value is -1.85. The van der Waals surface area contributed by atoms with E-state index in [1.165, 1.54) is 0 Å². The maximum absolute atomic E-state index is 10.4. The molecule has 0 saturated carbocycles. The lowest BCUT2D eigenvalue weighted by atomic mass is 10.2. The highest BCUT2D eigenvalue weighted by Gasteiger charge is 2.15. The highest BCUT2D eigenvalue weighted by molar-refractivity contribution is 5.82. The van der Waals surface area contributed by atoms with Crippen molar-refractivity contribution < 1.29 is 24.2 Å². The molecule has 0 bridgehead atoms. The van der Waals surface area contributed by atoms with Gasteiger partial charge in [0.25, 0.3) is 0 Å². The van der Waals surface area contributed by atoms with Gasteiger partial charge in [0.2, 0.25) is 0 Å². The van der Waals surface area contributed by atoms with E-state index in [2.05, 4.69) is 4.98 Å². The predicted molar refractivity (Wildman–Crippen MR) is 44.2 cm³/mol. The number of aromatic nitrogens is 1. The Morgan fingerprint density at radius 3 is 2.50 bits per heavy atom. The number of carboxylic acids is 2. The first-order valence-electron chi connectivity index (χ1n) is 3.92. The van der Waals surface area contributed by atoms with Gasteiger partial charge in [-0.2, -0.15) is 0 Å². The maximum atomic E-state index is 10.4. The van der Waals surface area contributed by atoms with E-state index in [9.17, 15) is 9.59 Å². The van der Waals surface area contributed by atoms with Crippen molar-refractivity contribution in [2.75, 3.05) is 0 Å². The van der Waals surface area contributed by atoms with Gasteiger partial charge in [0, 0.05) is 6.42 Å². The highest BCUT2D eigenvalue weighted by atomic mass is 16.4. The van der Waals surface area contributed by atoms with Gasteiger partial charge in [0.05, 0.1) is 12.1 Å². The number of aliphatic carboxylic acids is 1. The van der Waals surface area contributed by atoms with Crippen molar-refractivity contribution in [3.05, 3.63) is 17.3 Å². The largest absolute Gasteiger partial charge is 0.481 e. The summed E-state index contributed by atoms with van der Waals surface area (Å²) in [5.74, 6) is -2.26. The zero-order valence-electron chi connectivity index (χ0n) is 7.48. The molecule has 2 N–H and O–H groups in total. The van der Waals surface area contributed by atoms with E-state index >= 15 is 0 Å². The van der Waals surface area contributed by atoms with Crippen molar-refractivity contribution in [3.8, 4) is 0 Å². The summed E-state index contributed by atoms with van der Waals surface area (Å²) in [4.78, 5) is 24.3. The van der Waals surface area contributed by atoms with Crippen molar-refractivity contribution in [1.29, 1.82) is 0 Å². The summed E-state index contributed by atoms with van der Waals surface area (Å²) < 4.78 is 4.80. The third-order valence-electron chi connectivity index (χ3n) is 1.65. The molecule has 76 valence electrons. The first-order valence-corrected chi connectivity index (χ1v) is 3.92. The van der Waals surface area contributed by atoms with Crippen LogP contribution in [-0.2, 0) is 11.2 Å². The Morgan fingerprint density at radius 2 is 2.07 bits per heavy atom. The van der Waals surface area contributed by atoms with E-state index in [0.29, 0.717) is 11.5 Å². The van der Waals surface area contributed by atoms with Gasteiger partial charge in [-0.3, -0.25) is 4.79 Å². The van der Waals surface area contributed by atoms with Gasteiger partial charge in [-0.15, -0.1) is 0 Å². The van der Waals surface area contributed by atoms with E-state index in [0.717, 1.165) is 0 Å². The maximum Gasteiger partial charge on any atom is 0.392 e. The molecule has 0 aliphatic rings. The molecule has 1 aromatic heterocycles. The van der Waals surface area contributed by atoms with Crippen molar-refractivity contribution in [2.45, 2.75) is 19.8 Å². The second-order valence-corrected chi connectivity index (χ2v) is 2.72. The lowest BCUT2D eigenvalue weighted by Crippen LogP contribution is -2.00. The molecule has 1 rings (SSSR count). The molecule has 0 aromatic carbocycles. The third kappa shape index (κ3) is 2.32. The molecular formula is C8H9NO5. The molecule has 1 aromatic rings. The van der Waals surface area contributed by atoms with Crippen LogP contribution in [0.4, 0.5) is 0 Å². The first kappa shape index (κ1) is 10.2. The molecule has 0 unspecified atom stereocenters. The SMILES string of the molecule is Cc1oc(C(=O)O)nc1CCC(=O)O. The topological polar surface area (TPSA) is 101 Å². The van der Waals surface area contributed by atoms with Crippen molar-refractivity contribution in [1.82, 2.24) is 4.98 Å². The second kappa shape index (κ2) is 3.91. The summed E-state index contributed by atoms with van der Waals surface area (Å²) in [6, 6.07) is 0. The fraction of sp³-hybridized carbons (Fsp3) is 0.375. The molecule has 0 spiro atoms. The molecule has 0 aliphatic heterocycles. The van der Waals surface area contributed by atoms with Gasteiger partial charge in [0.15, 0.2) is 0 Å². The fourth-order valence-corrected chi connectivity index (χ4v) is 0.977. The Morgan fingerprint density at radius 1 is 1.43 bits per heavy atom. The second-order valence-electron chi connectivity index (χ2n) is 2.72. The van der Waals surface area contributed by atoms with Crippen LogP contribution in [0.1, 0.15) is 28.6 Å². The van der Waals surface area contributed by atoms with Gasteiger partial charge < -0.3 is 14.6 Å². The molecule has 0 saturated heterocycles. The van der Waals surface area contributed by atoms with E-state index in [4.69, 9.17) is 14.6 Å². The van der Waals surface area contributed by atoms with E-state index in [-0.39, 0.29) is 12.8 Å². The predicted octanol–water partition coefficient (Wildman–Crippen LogP) is 0.698. The van der Waals surface area contributed by atoms with E-state index < -0.39 is 17.8 Å². The van der Waals surface area contributed by atoms with Gasteiger partial charge in [0.1, 0.15) is 5.76 Å². The Labute approximate surface area is 79.2 Å². The normalized spacial score (nSPS) is 10.1. The Kier molecular flexibility index (Phi) is 2.85. The molecule has 6 nitrogen and oxygen atoms in total. The van der Waals surface area contributed by atoms with Gasteiger partial charge >= 0.3 is 17.8 Å². The molecule has 1 heterocycles. The number of aromatic carboxylic acids is 1. The standard InChI is InChI=1S/C8H9NO5/c1-4-5(2-3-6(10)11)9-7(14-4)8(12)13/h2-3H2,1H3,(H,10,11)(H,12,13). The number of rotatable bonds is 4. The molecule has 0 fully saturated rings. The van der Waals surface area contributed by atoms with Crippen LogP contribution in [0.15, 0.2) is 4.42 Å². The van der Waals surface area contributed by atoms with Crippen LogP contribution >= 0.6 is 0 Å². The quantitative estimate of drug-likeness (QED) is 0.740. The smallest absolute Gasteiger partial charge is 0.392 e. The van der Waals surface area contributed by atoms with Crippen molar-refractivity contribution in [2.24, 2.45) is 0 Å². The third-order valence-corrected chi connectivity index (χ3v) is 1.65. The Balaban J connectivity index is 2.77. The molecule has 6 heteroatoms. The van der Waals surface area contributed by atoms with Gasteiger partial charge in [-0.1, -0.05) is 0 Å². The first-order chi connectivity index (χ1) is 6.50. The van der Waals surface area contributed by atoms with Crippen LogP contribution in [0.3, 0.4) is 0 Å². The van der Waals surface area contributed by atoms with Crippen LogP contribution in [0, 0.1) is 6.92 Å². The van der Waals surface area contributed by atoms with Crippen molar-refractivity contribution in [3.63, 3.8) is 0 Å². The minimum atomic E-state index is -1.25. The number of nitrogens with zero attached hydrogens (tertiary/aromatic N) is 1. The molecule has 0 radical (unpaired) electrons. The highest BCUT2D eigenvalue weighted by Crippen LogP contribution is 2.11. The molecule has 14 heavy (non-hydrogen) atoms. The minimum absolute atomic E-state index is 0.0908. The summed E-state index contributed by atoms with van der Waals surface area (Å²) in [7, 11) is 0. The van der Waals surface area contributed by atoms with Crippen LogP contribution in [0.2, 0.25) is 0 Å². The molecule has 0 atom stereocenters. The lowest BCUT2D eigenvalue weighted by Gasteiger charge is -1.91. The van der Waals surface area contributed by atoms with Crippen LogP contribution in [0.5, 0.6) is 0 Å². The molecule has 0 amide bonds. The molecular weight excluding hydrogens is 190 g/mol. The van der Waals surface area contributed by atoms with Crippen LogP contribution in [0.25, 0.3) is 0 Å². The molecule has 0 aliphatic carbocycles. The average Bonchev–Trinajstić information content (AvgIpc) is 2.43. The monoisotopic (exact) mass is 199 g/mol. The fourth-order valence-electron chi connectivity index (χ4n) is 0.977. The van der Waals surface area contributed by atoms with Crippen LogP contribution < -0.4 is 0 Å². The van der Waals surface area contributed by atoms with Gasteiger partial charge in [-0.25, -0.2) is 9.78 Å². The number of carboxylic acid groups (broad SMARTS) is 2. The van der Waals surface area contributed by atoms with E-state index in [1.807, 2.05) is 0 Å². The summed E-state index contributed by atoms with van der Waals surface area (Å²) in [6.07, 6.45) is 0.0877. The number of hydrogen-bond donors (Lipinski definition) is 2. The summed E-state index contributed by atoms with van der Waals surface area (Å²) >= 11 is 0. The Bertz CT molecular complexity index is 368. The minimum Gasteiger partial charge on any atom is -0.481 e. The van der Waals surface area contributed by atoms with E-state index in [1.54, 1.807) is 6.92 Å². The lowest BCUT2D eigenvalue weighted by molar-refractivity contribution is -0.136. The zero-order chi connectivity index (χ0) is 10.7. The summed E-state index contributed by atoms with van der Waals surface area (Å²) in [6.45, 7) is 1.55. The van der Waals surface area contributed by atoms with Gasteiger partial charge in [-0.05, 0) is 6.92 Å².